The van der Waals surface area contributed by atoms with E-state index >= 15 is 0 Å². The van der Waals surface area contributed by atoms with Crippen molar-refractivity contribution in [3.63, 3.8) is 0 Å². The van der Waals surface area contributed by atoms with Gasteiger partial charge in [-0.05, 0) is 37.0 Å². The highest BCUT2D eigenvalue weighted by Gasteiger charge is 2.25. The van der Waals surface area contributed by atoms with E-state index in [1.807, 2.05) is 30.3 Å². The number of amides is 2. The van der Waals surface area contributed by atoms with Crippen LogP contribution in [0.25, 0.3) is 0 Å². The number of carbonyl (C=O) groups is 2. The fraction of sp³-hybridized carbons (Fsp3) is 0.391. The molecule has 0 aliphatic carbocycles. The molecule has 1 aliphatic heterocycles. The number of nitrogens with zero attached hydrogens (tertiary/aromatic N) is 1. The summed E-state index contributed by atoms with van der Waals surface area (Å²) in [6.07, 6.45) is 2.23. The molecule has 0 aromatic heterocycles. The molecular formula is C23H29N3O5S. The molecule has 1 heterocycles. The Hall–Kier alpha value is -2.75. The molecule has 1 fully saturated rings. The second kappa shape index (κ2) is 11.8. The molecule has 0 radical (unpaired) electrons. The number of ether oxygens (including phenoxy) is 1. The van der Waals surface area contributed by atoms with E-state index < -0.39 is 22.5 Å². The van der Waals surface area contributed by atoms with E-state index in [2.05, 4.69) is 10.0 Å². The Kier molecular flexibility index (Phi) is 8.78. The predicted octanol–water partition coefficient (Wildman–Crippen LogP) is 1.33. The van der Waals surface area contributed by atoms with Gasteiger partial charge in [0.05, 0.1) is 24.1 Å². The second-order valence-electron chi connectivity index (χ2n) is 7.63. The minimum absolute atomic E-state index is 0.0807. The van der Waals surface area contributed by atoms with Gasteiger partial charge in [-0.2, -0.15) is 0 Å². The van der Waals surface area contributed by atoms with Crippen molar-refractivity contribution in [2.75, 3.05) is 32.8 Å². The minimum Gasteiger partial charge on any atom is -0.376 e. The van der Waals surface area contributed by atoms with E-state index in [9.17, 15) is 18.0 Å². The van der Waals surface area contributed by atoms with Gasteiger partial charge in [-0.15, -0.1) is 0 Å². The molecule has 32 heavy (non-hydrogen) atoms. The van der Waals surface area contributed by atoms with Crippen LogP contribution in [-0.2, 0) is 30.8 Å². The fourth-order valence-corrected chi connectivity index (χ4v) is 4.46. The highest BCUT2D eigenvalue weighted by Crippen LogP contribution is 2.14. The summed E-state index contributed by atoms with van der Waals surface area (Å²) in [6.45, 7) is 0.738. The third-order valence-electron chi connectivity index (χ3n) is 5.18. The monoisotopic (exact) mass is 459 g/mol. The average molecular weight is 460 g/mol. The van der Waals surface area contributed by atoms with Gasteiger partial charge < -0.3 is 15.0 Å². The SMILES string of the molecule is O=C(CN(C[C@@H]1CCCO1)C(=O)CNS(=O)(=O)c1ccccc1)NCCc1ccccc1. The standard InChI is InChI=1S/C23H29N3O5S/c27-22(24-14-13-19-8-3-1-4-9-19)18-26(17-20-10-7-15-31-20)23(28)16-25-32(29,30)21-11-5-2-6-12-21/h1-6,8-9,11-12,20,25H,7,10,13-18H2,(H,24,27)/t20-/m0/s1. The maximum atomic E-state index is 12.8. The van der Waals surface area contributed by atoms with Gasteiger partial charge in [0.15, 0.2) is 0 Å². The van der Waals surface area contributed by atoms with Crippen molar-refractivity contribution in [3.05, 3.63) is 66.2 Å². The molecule has 2 aromatic rings. The van der Waals surface area contributed by atoms with Crippen molar-refractivity contribution in [2.24, 2.45) is 0 Å². The molecule has 1 saturated heterocycles. The molecule has 0 spiro atoms. The largest absolute Gasteiger partial charge is 0.376 e. The van der Waals surface area contributed by atoms with E-state index in [4.69, 9.17) is 4.74 Å². The van der Waals surface area contributed by atoms with Crippen LogP contribution in [0.2, 0.25) is 0 Å². The molecule has 2 N–H and O–H groups in total. The van der Waals surface area contributed by atoms with Crippen molar-refractivity contribution in [3.8, 4) is 0 Å². The topological polar surface area (TPSA) is 105 Å². The quantitative estimate of drug-likeness (QED) is 0.528. The van der Waals surface area contributed by atoms with Crippen LogP contribution in [0.4, 0.5) is 0 Å². The van der Waals surface area contributed by atoms with Crippen LogP contribution in [0, 0.1) is 0 Å². The molecule has 1 aliphatic rings. The van der Waals surface area contributed by atoms with Gasteiger partial charge in [-0.1, -0.05) is 48.5 Å². The van der Waals surface area contributed by atoms with Crippen LogP contribution in [0.1, 0.15) is 18.4 Å². The molecule has 3 rings (SSSR count). The Morgan fingerprint density at radius 3 is 2.38 bits per heavy atom. The van der Waals surface area contributed by atoms with Crippen LogP contribution in [0.15, 0.2) is 65.6 Å². The summed E-state index contributed by atoms with van der Waals surface area (Å²) in [5.41, 5.74) is 1.11. The highest BCUT2D eigenvalue weighted by atomic mass is 32.2. The van der Waals surface area contributed by atoms with Crippen molar-refractivity contribution in [1.82, 2.24) is 14.9 Å². The van der Waals surface area contributed by atoms with Gasteiger partial charge in [0, 0.05) is 19.7 Å². The first-order chi connectivity index (χ1) is 15.4. The lowest BCUT2D eigenvalue weighted by atomic mass is 10.1. The Morgan fingerprint density at radius 1 is 1.03 bits per heavy atom. The van der Waals surface area contributed by atoms with E-state index in [1.54, 1.807) is 18.2 Å². The number of rotatable bonds is 11. The predicted molar refractivity (Wildman–Crippen MR) is 120 cm³/mol. The number of sulfonamides is 1. The molecule has 172 valence electrons. The Morgan fingerprint density at radius 2 is 1.72 bits per heavy atom. The van der Waals surface area contributed by atoms with E-state index in [0.717, 1.165) is 18.4 Å². The molecule has 2 aromatic carbocycles. The van der Waals surface area contributed by atoms with E-state index in [0.29, 0.717) is 19.6 Å². The van der Waals surface area contributed by atoms with Crippen LogP contribution < -0.4 is 10.0 Å². The molecule has 0 bridgehead atoms. The Bertz CT molecular complexity index is 977. The maximum Gasteiger partial charge on any atom is 0.241 e. The molecule has 0 unspecified atom stereocenters. The number of nitrogens with one attached hydrogen (secondary N) is 2. The molecule has 2 amide bonds. The number of hydrogen-bond acceptors (Lipinski definition) is 5. The zero-order valence-electron chi connectivity index (χ0n) is 17.9. The Balaban J connectivity index is 1.55. The Labute approximate surface area is 189 Å². The van der Waals surface area contributed by atoms with Gasteiger partial charge in [-0.25, -0.2) is 13.1 Å². The summed E-state index contributed by atoms with van der Waals surface area (Å²) in [4.78, 5) is 26.7. The molecule has 9 heteroatoms. The van der Waals surface area contributed by atoms with Crippen LogP contribution in [0.3, 0.4) is 0 Å². The molecule has 0 saturated carbocycles. The maximum absolute atomic E-state index is 12.8. The summed E-state index contributed by atoms with van der Waals surface area (Å²) < 4.78 is 32.8. The number of hydrogen-bond donors (Lipinski definition) is 2. The van der Waals surface area contributed by atoms with Crippen molar-refractivity contribution >= 4 is 21.8 Å². The third kappa shape index (κ3) is 7.44. The molecule has 1 atom stereocenters. The second-order valence-corrected chi connectivity index (χ2v) is 9.40. The zero-order valence-corrected chi connectivity index (χ0v) is 18.7. The fourth-order valence-electron chi connectivity index (χ4n) is 3.46. The summed E-state index contributed by atoms with van der Waals surface area (Å²) in [5, 5.41) is 2.83. The third-order valence-corrected chi connectivity index (χ3v) is 6.60. The summed E-state index contributed by atoms with van der Waals surface area (Å²) in [5.74, 6) is -0.767. The first kappa shape index (κ1) is 23.9. The van der Waals surface area contributed by atoms with Gasteiger partial charge >= 0.3 is 0 Å². The summed E-state index contributed by atoms with van der Waals surface area (Å²) >= 11 is 0. The van der Waals surface area contributed by atoms with Crippen LogP contribution in [0.5, 0.6) is 0 Å². The molecule has 8 nitrogen and oxygen atoms in total. The van der Waals surface area contributed by atoms with Gasteiger partial charge in [-0.3, -0.25) is 9.59 Å². The van der Waals surface area contributed by atoms with Gasteiger partial charge in [0.25, 0.3) is 0 Å². The first-order valence-electron chi connectivity index (χ1n) is 10.7. The number of carbonyl (C=O) groups excluding carboxylic acids is 2. The van der Waals surface area contributed by atoms with Crippen LogP contribution in [-0.4, -0.2) is 64.0 Å². The van der Waals surface area contributed by atoms with Crippen molar-refractivity contribution in [1.29, 1.82) is 0 Å². The van der Waals surface area contributed by atoms with Crippen LogP contribution >= 0.6 is 0 Å². The minimum atomic E-state index is -3.82. The van der Waals surface area contributed by atoms with Crippen molar-refractivity contribution < 1.29 is 22.7 Å². The lowest BCUT2D eigenvalue weighted by Crippen LogP contribution is -2.48. The lowest BCUT2D eigenvalue weighted by molar-refractivity contribution is -0.136. The van der Waals surface area contributed by atoms with E-state index in [-0.39, 0.29) is 30.0 Å². The zero-order chi connectivity index (χ0) is 22.8. The van der Waals surface area contributed by atoms with Gasteiger partial charge in [0.1, 0.15) is 0 Å². The van der Waals surface area contributed by atoms with Gasteiger partial charge in [0.2, 0.25) is 21.8 Å². The van der Waals surface area contributed by atoms with Crippen molar-refractivity contribution in [2.45, 2.75) is 30.3 Å². The number of benzene rings is 2. The average Bonchev–Trinajstić information content (AvgIpc) is 3.31. The first-order valence-corrected chi connectivity index (χ1v) is 12.2. The highest BCUT2D eigenvalue weighted by molar-refractivity contribution is 7.89. The summed E-state index contributed by atoms with van der Waals surface area (Å²) in [6, 6.07) is 17.6. The lowest BCUT2D eigenvalue weighted by Gasteiger charge is -2.25. The smallest absolute Gasteiger partial charge is 0.241 e. The summed E-state index contributed by atoms with van der Waals surface area (Å²) in [7, 11) is -3.82. The molecular weight excluding hydrogens is 430 g/mol. The van der Waals surface area contributed by atoms with E-state index in [1.165, 1.54) is 17.0 Å². The normalized spacial score (nSPS) is 15.9.